The van der Waals surface area contributed by atoms with E-state index in [1.807, 2.05) is 6.07 Å². The maximum atomic E-state index is 11.5. The molecule has 0 aliphatic heterocycles. The van der Waals surface area contributed by atoms with Gasteiger partial charge in [-0.2, -0.15) is 5.26 Å². The molecule has 20 heavy (non-hydrogen) atoms. The number of carbonyl (C=O) groups excluding carboxylic acids is 1. The number of hydrogen-bond acceptors (Lipinski definition) is 6. The van der Waals surface area contributed by atoms with Crippen molar-refractivity contribution in [3.05, 3.63) is 33.9 Å². The molecule has 1 aromatic rings. The first-order valence-electron chi connectivity index (χ1n) is 5.48. The van der Waals surface area contributed by atoms with Gasteiger partial charge < -0.3 is 9.84 Å². The van der Waals surface area contributed by atoms with Gasteiger partial charge in [0.25, 0.3) is 0 Å². The summed E-state index contributed by atoms with van der Waals surface area (Å²) in [5.41, 5.74) is 1.69. The lowest BCUT2D eigenvalue weighted by Gasteiger charge is -2.08. The molecule has 0 bridgehead atoms. The van der Waals surface area contributed by atoms with Crippen molar-refractivity contribution in [1.29, 1.82) is 5.26 Å². The summed E-state index contributed by atoms with van der Waals surface area (Å²) >= 11 is 0.801. The number of carboxylic acids is 1. The van der Waals surface area contributed by atoms with Gasteiger partial charge >= 0.3 is 11.9 Å². The van der Waals surface area contributed by atoms with Gasteiger partial charge in [-0.25, -0.2) is 14.6 Å². The Balaban J connectivity index is 3.28. The fraction of sp³-hybridized carbons (Fsp3) is 0.231. The Labute approximate surface area is 120 Å². The molecule has 0 fully saturated rings. The molecule has 7 heteroatoms. The Bertz CT molecular complexity index is 632. The van der Waals surface area contributed by atoms with E-state index in [0.29, 0.717) is 16.8 Å². The van der Waals surface area contributed by atoms with E-state index in [4.69, 9.17) is 10.4 Å². The fourth-order valence-electron chi connectivity index (χ4n) is 1.46. The van der Waals surface area contributed by atoms with Gasteiger partial charge in [-0.3, -0.25) is 0 Å². The zero-order chi connectivity index (χ0) is 15.3. The van der Waals surface area contributed by atoms with Gasteiger partial charge in [0.2, 0.25) is 0 Å². The normalized spacial score (nSPS) is 10.8. The highest BCUT2D eigenvalue weighted by Gasteiger charge is 2.18. The van der Waals surface area contributed by atoms with Crippen LogP contribution in [0.25, 0.3) is 0 Å². The minimum atomic E-state index is -1.28. The second-order valence-corrected chi connectivity index (χ2v) is 4.84. The number of aliphatic carboxylic acids is 1. The van der Waals surface area contributed by atoms with Crippen molar-refractivity contribution in [2.24, 2.45) is 0 Å². The summed E-state index contributed by atoms with van der Waals surface area (Å²) in [7, 11) is 1.15. The van der Waals surface area contributed by atoms with Gasteiger partial charge in [-0.05, 0) is 25.5 Å². The van der Waals surface area contributed by atoms with Gasteiger partial charge in [0.15, 0.2) is 0 Å². The molecule has 0 aliphatic rings. The Kier molecular flexibility index (Phi) is 5.29. The molecule has 0 aromatic carbocycles. The van der Waals surface area contributed by atoms with Crippen LogP contribution in [0, 0.1) is 25.2 Å². The van der Waals surface area contributed by atoms with Crippen LogP contribution in [0.3, 0.4) is 0 Å². The molecule has 1 heterocycles. The molecule has 6 nitrogen and oxygen atoms in total. The third-order valence-corrected chi connectivity index (χ3v) is 3.26. The van der Waals surface area contributed by atoms with E-state index < -0.39 is 11.9 Å². The summed E-state index contributed by atoms with van der Waals surface area (Å²) < 4.78 is 4.52. The zero-order valence-electron chi connectivity index (χ0n) is 11.1. The minimum absolute atomic E-state index is 0.144. The molecule has 1 rings (SSSR count). The largest absolute Gasteiger partial charge is 0.478 e. The van der Waals surface area contributed by atoms with Crippen molar-refractivity contribution in [2.75, 3.05) is 7.11 Å². The Morgan fingerprint density at radius 3 is 2.65 bits per heavy atom. The summed E-state index contributed by atoms with van der Waals surface area (Å²) in [5.74, 6) is -2.07. The molecule has 0 unspecified atom stereocenters. The third-order valence-electron chi connectivity index (χ3n) is 2.27. The van der Waals surface area contributed by atoms with Crippen LogP contribution in [0.15, 0.2) is 22.1 Å². The first-order valence-corrected chi connectivity index (χ1v) is 6.29. The van der Waals surface area contributed by atoms with Gasteiger partial charge in [0, 0.05) is 11.8 Å². The SMILES string of the molecule is COC(=O)/C(=C\C(=O)O)Sc1nc(C)cc(C)c1C#N. The maximum Gasteiger partial charge on any atom is 0.345 e. The number of carboxylic acid groups (broad SMARTS) is 1. The average Bonchev–Trinajstić information content (AvgIpc) is 2.36. The number of nitriles is 1. The predicted molar refractivity (Wildman–Crippen MR) is 72.0 cm³/mol. The molecule has 0 atom stereocenters. The second-order valence-electron chi connectivity index (χ2n) is 3.81. The number of thioether (sulfide) groups is 1. The maximum absolute atomic E-state index is 11.5. The molecule has 1 aromatic heterocycles. The van der Waals surface area contributed by atoms with Crippen molar-refractivity contribution in [3.63, 3.8) is 0 Å². The highest BCUT2D eigenvalue weighted by atomic mass is 32.2. The molecule has 0 saturated carbocycles. The van der Waals surface area contributed by atoms with Crippen LogP contribution in [-0.2, 0) is 14.3 Å². The molecule has 0 radical (unpaired) electrons. The Morgan fingerprint density at radius 2 is 2.15 bits per heavy atom. The van der Waals surface area contributed by atoms with E-state index in [-0.39, 0.29) is 9.93 Å². The number of ether oxygens (including phenoxy) is 1. The van der Waals surface area contributed by atoms with E-state index in [1.54, 1.807) is 19.9 Å². The van der Waals surface area contributed by atoms with Crippen molar-refractivity contribution in [2.45, 2.75) is 18.9 Å². The van der Waals surface area contributed by atoms with Crippen molar-refractivity contribution in [3.8, 4) is 6.07 Å². The number of rotatable bonds is 4. The quantitative estimate of drug-likeness (QED) is 0.513. The number of methoxy groups -OCH3 is 1. The first-order chi connectivity index (χ1) is 9.38. The number of hydrogen-bond donors (Lipinski definition) is 1. The van der Waals surface area contributed by atoms with E-state index in [1.165, 1.54) is 0 Å². The molecule has 0 amide bonds. The summed E-state index contributed by atoms with van der Waals surface area (Å²) in [4.78, 5) is 26.3. The van der Waals surface area contributed by atoms with Crippen LogP contribution < -0.4 is 0 Å². The Hall–Kier alpha value is -2.33. The number of aryl methyl sites for hydroxylation is 2. The number of pyridine rings is 1. The van der Waals surface area contributed by atoms with E-state index >= 15 is 0 Å². The lowest BCUT2D eigenvalue weighted by molar-refractivity contribution is -0.136. The fourth-order valence-corrected chi connectivity index (χ4v) is 2.49. The van der Waals surface area contributed by atoms with E-state index in [0.717, 1.165) is 24.9 Å². The standard InChI is InChI=1S/C13H12N2O4S/c1-7-4-8(2)15-12(9(7)6-14)20-10(5-11(16)17)13(18)19-3/h4-5H,1-3H3,(H,16,17)/b10-5+. The summed E-state index contributed by atoms with van der Waals surface area (Å²) in [6.45, 7) is 3.49. The second kappa shape index (κ2) is 6.73. The molecule has 104 valence electrons. The molecular weight excluding hydrogens is 280 g/mol. The molecule has 0 spiro atoms. The van der Waals surface area contributed by atoms with Crippen LogP contribution in [0.5, 0.6) is 0 Å². The minimum Gasteiger partial charge on any atom is -0.478 e. The zero-order valence-corrected chi connectivity index (χ0v) is 11.9. The lowest BCUT2D eigenvalue weighted by atomic mass is 10.1. The van der Waals surface area contributed by atoms with Crippen molar-refractivity contribution < 1.29 is 19.4 Å². The smallest absolute Gasteiger partial charge is 0.345 e. The topological polar surface area (TPSA) is 100 Å². The summed E-state index contributed by atoms with van der Waals surface area (Å²) in [6, 6.07) is 3.73. The first kappa shape index (κ1) is 15.7. The van der Waals surface area contributed by atoms with Gasteiger partial charge in [-0.15, -0.1) is 0 Å². The van der Waals surface area contributed by atoms with Crippen LogP contribution in [0.4, 0.5) is 0 Å². The van der Waals surface area contributed by atoms with Gasteiger partial charge in [0.05, 0.1) is 12.7 Å². The highest BCUT2D eigenvalue weighted by Crippen LogP contribution is 2.30. The van der Waals surface area contributed by atoms with E-state index in [2.05, 4.69) is 9.72 Å². The number of carbonyl (C=O) groups is 2. The molecule has 1 N–H and O–H groups in total. The highest BCUT2D eigenvalue weighted by molar-refractivity contribution is 8.04. The lowest BCUT2D eigenvalue weighted by Crippen LogP contribution is -2.06. The molecular formula is C13H12N2O4S. The predicted octanol–water partition coefficient (Wildman–Crippen LogP) is 1.80. The summed E-state index contributed by atoms with van der Waals surface area (Å²) in [6.07, 6.45) is 0.733. The molecule has 0 saturated heterocycles. The summed E-state index contributed by atoms with van der Waals surface area (Å²) in [5, 5.41) is 18.2. The van der Waals surface area contributed by atoms with Crippen LogP contribution >= 0.6 is 11.8 Å². The number of esters is 1. The van der Waals surface area contributed by atoms with E-state index in [9.17, 15) is 9.59 Å². The van der Waals surface area contributed by atoms with Crippen molar-refractivity contribution in [1.82, 2.24) is 4.98 Å². The number of aromatic nitrogens is 1. The van der Waals surface area contributed by atoms with Crippen LogP contribution in [0.1, 0.15) is 16.8 Å². The third kappa shape index (κ3) is 3.83. The van der Waals surface area contributed by atoms with Crippen molar-refractivity contribution >= 4 is 23.7 Å². The average molecular weight is 292 g/mol. The van der Waals surface area contributed by atoms with Crippen LogP contribution in [0.2, 0.25) is 0 Å². The van der Waals surface area contributed by atoms with Gasteiger partial charge in [-0.1, -0.05) is 11.8 Å². The number of nitrogens with zero attached hydrogens (tertiary/aromatic N) is 2. The van der Waals surface area contributed by atoms with Gasteiger partial charge in [0.1, 0.15) is 16.0 Å². The van der Waals surface area contributed by atoms with Crippen LogP contribution in [-0.4, -0.2) is 29.1 Å². The Morgan fingerprint density at radius 1 is 1.50 bits per heavy atom. The molecule has 0 aliphatic carbocycles. The monoisotopic (exact) mass is 292 g/mol.